The number of nitrogens with zero attached hydrogens (tertiary/aromatic N) is 1. The summed E-state index contributed by atoms with van der Waals surface area (Å²) in [7, 11) is 0. The smallest absolute Gasteiger partial charge is 0.295 e. The molecule has 1 atom stereocenters. The molecule has 5 heteroatoms. The maximum Gasteiger partial charge on any atom is 0.295 e. The van der Waals surface area contributed by atoms with Gasteiger partial charge in [-0.3, -0.25) is 9.59 Å². The molecule has 3 rings (SSSR count). The number of benzene rings is 2. The fourth-order valence-corrected chi connectivity index (χ4v) is 4.12. The topological polar surface area (TPSA) is 66.8 Å². The van der Waals surface area contributed by atoms with Gasteiger partial charge in [-0.15, -0.1) is 0 Å². The summed E-state index contributed by atoms with van der Waals surface area (Å²) in [5, 5.41) is 11.3. The van der Waals surface area contributed by atoms with Crippen LogP contribution in [0.5, 0.6) is 5.75 Å². The first-order valence-electron chi connectivity index (χ1n) is 11.3. The quantitative estimate of drug-likeness (QED) is 0.349. The van der Waals surface area contributed by atoms with Gasteiger partial charge in [0.15, 0.2) is 0 Å². The second-order valence-electron chi connectivity index (χ2n) is 9.15. The predicted octanol–water partition coefficient (Wildman–Crippen LogP) is 5.60. The van der Waals surface area contributed by atoms with E-state index in [1.807, 2.05) is 56.3 Å². The number of unbranched alkanes of at least 4 members (excludes halogenated alkanes) is 1. The van der Waals surface area contributed by atoms with Crippen LogP contribution in [0.15, 0.2) is 54.1 Å². The Morgan fingerprint density at radius 1 is 1.06 bits per heavy atom. The van der Waals surface area contributed by atoms with Gasteiger partial charge >= 0.3 is 0 Å². The number of rotatable bonds is 7. The van der Waals surface area contributed by atoms with Crippen LogP contribution in [0.3, 0.4) is 0 Å². The third-order valence-electron chi connectivity index (χ3n) is 5.77. The summed E-state index contributed by atoms with van der Waals surface area (Å²) < 4.78 is 5.79. The maximum absolute atomic E-state index is 13.1. The first-order chi connectivity index (χ1) is 15.2. The number of hydrogen-bond donors (Lipinski definition) is 1. The van der Waals surface area contributed by atoms with Gasteiger partial charge in [0.1, 0.15) is 11.5 Å². The standard InChI is InChI=1S/C27H33NO4/c1-6-8-16-28-23(18-12-10-9-11-13-18)22(25(30)26(28)31)24(29)19-14-15-21(32-7-2)20(17-19)27(3,4)5/h9-15,17,23,29H,6-8,16H2,1-5H3/b24-22-. The monoisotopic (exact) mass is 435 g/mol. The molecule has 1 aliphatic rings. The number of carbonyl (C=O) groups excluding carboxylic acids is 2. The molecule has 0 aliphatic carbocycles. The van der Waals surface area contributed by atoms with E-state index in [-0.39, 0.29) is 16.7 Å². The van der Waals surface area contributed by atoms with Gasteiger partial charge < -0.3 is 14.7 Å². The van der Waals surface area contributed by atoms with Crippen molar-refractivity contribution < 1.29 is 19.4 Å². The number of hydrogen-bond acceptors (Lipinski definition) is 4. The molecular weight excluding hydrogens is 402 g/mol. The highest BCUT2D eigenvalue weighted by Gasteiger charge is 2.45. The highest BCUT2D eigenvalue weighted by atomic mass is 16.5. The lowest BCUT2D eigenvalue weighted by Gasteiger charge is -2.26. The molecular formula is C27H33NO4. The second kappa shape index (κ2) is 9.60. The SMILES string of the molecule is CCCCN1C(=O)C(=O)/C(=C(\O)c2ccc(OCC)c(C(C)(C)C)c2)C1c1ccccc1. The van der Waals surface area contributed by atoms with Crippen molar-refractivity contribution in [1.82, 2.24) is 4.90 Å². The Morgan fingerprint density at radius 2 is 1.75 bits per heavy atom. The van der Waals surface area contributed by atoms with Gasteiger partial charge in [0.2, 0.25) is 0 Å². The van der Waals surface area contributed by atoms with Gasteiger partial charge in [0.05, 0.1) is 18.2 Å². The Balaban J connectivity index is 2.18. The summed E-state index contributed by atoms with van der Waals surface area (Å²) in [6.45, 7) is 11.2. The summed E-state index contributed by atoms with van der Waals surface area (Å²) in [5.74, 6) is -0.598. The van der Waals surface area contributed by atoms with Crippen LogP contribution in [0.2, 0.25) is 0 Å². The van der Waals surface area contributed by atoms with E-state index >= 15 is 0 Å². The number of likely N-dealkylation sites (tertiary alicyclic amines) is 1. The van der Waals surface area contributed by atoms with Crippen molar-refractivity contribution in [2.45, 2.75) is 58.9 Å². The summed E-state index contributed by atoms with van der Waals surface area (Å²) in [6.07, 6.45) is 1.69. The summed E-state index contributed by atoms with van der Waals surface area (Å²) >= 11 is 0. The first kappa shape index (κ1) is 23.6. The van der Waals surface area contributed by atoms with Crippen molar-refractivity contribution in [1.29, 1.82) is 0 Å². The third-order valence-corrected chi connectivity index (χ3v) is 5.77. The van der Waals surface area contributed by atoms with E-state index in [9.17, 15) is 14.7 Å². The van der Waals surface area contributed by atoms with Crippen LogP contribution in [0.25, 0.3) is 5.76 Å². The first-order valence-corrected chi connectivity index (χ1v) is 11.3. The van der Waals surface area contributed by atoms with Crippen molar-refractivity contribution in [2.24, 2.45) is 0 Å². The molecule has 0 radical (unpaired) electrons. The molecule has 1 heterocycles. The molecule has 1 fully saturated rings. The van der Waals surface area contributed by atoms with Crippen LogP contribution in [-0.4, -0.2) is 34.8 Å². The highest BCUT2D eigenvalue weighted by molar-refractivity contribution is 6.46. The molecule has 170 valence electrons. The number of Topliss-reactive ketones (excluding diaryl/α,β-unsaturated/α-hetero) is 1. The van der Waals surface area contributed by atoms with Crippen LogP contribution >= 0.6 is 0 Å². The second-order valence-corrected chi connectivity index (χ2v) is 9.15. The van der Waals surface area contributed by atoms with Crippen LogP contribution < -0.4 is 4.74 Å². The molecule has 1 amide bonds. The van der Waals surface area contributed by atoms with Gasteiger partial charge in [0.25, 0.3) is 11.7 Å². The minimum absolute atomic E-state index is 0.140. The summed E-state index contributed by atoms with van der Waals surface area (Å²) in [4.78, 5) is 27.6. The third kappa shape index (κ3) is 4.57. The van der Waals surface area contributed by atoms with Crippen LogP contribution in [-0.2, 0) is 15.0 Å². The predicted molar refractivity (Wildman–Crippen MR) is 127 cm³/mol. The van der Waals surface area contributed by atoms with Crippen molar-refractivity contribution >= 4 is 17.4 Å². The average Bonchev–Trinajstić information content (AvgIpc) is 3.02. The number of aliphatic hydroxyl groups excluding tert-OH is 1. The minimum Gasteiger partial charge on any atom is -0.507 e. The van der Waals surface area contributed by atoms with Gasteiger partial charge in [0, 0.05) is 17.7 Å². The molecule has 2 aromatic rings. The van der Waals surface area contributed by atoms with Crippen LogP contribution in [0.1, 0.15) is 70.2 Å². The Hall–Kier alpha value is -3.08. The zero-order valence-electron chi connectivity index (χ0n) is 19.6. The van der Waals surface area contributed by atoms with E-state index in [1.54, 1.807) is 11.0 Å². The van der Waals surface area contributed by atoms with Crippen molar-refractivity contribution in [3.05, 3.63) is 70.8 Å². The van der Waals surface area contributed by atoms with Gasteiger partial charge in [-0.2, -0.15) is 0 Å². The largest absolute Gasteiger partial charge is 0.507 e. The zero-order chi connectivity index (χ0) is 23.5. The highest BCUT2D eigenvalue weighted by Crippen LogP contribution is 2.41. The average molecular weight is 436 g/mol. The number of aliphatic hydroxyl groups is 1. The molecule has 32 heavy (non-hydrogen) atoms. The van der Waals surface area contributed by atoms with Crippen LogP contribution in [0, 0.1) is 0 Å². The minimum atomic E-state index is -0.640. The van der Waals surface area contributed by atoms with E-state index in [4.69, 9.17) is 4.74 Å². The van der Waals surface area contributed by atoms with E-state index in [2.05, 4.69) is 20.8 Å². The van der Waals surface area contributed by atoms with E-state index in [0.29, 0.717) is 18.7 Å². The number of ether oxygens (including phenoxy) is 1. The van der Waals surface area contributed by atoms with Crippen LogP contribution in [0.4, 0.5) is 0 Å². The van der Waals surface area contributed by atoms with Crippen molar-refractivity contribution in [2.75, 3.05) is 13.2 Å². The van der Waals surface area contributed by atoms with Gasteiger partial charge in [-0.05, 0) is 42.5 Å². The van der Waals surface area contributed by atoms with E-state index in [0.717, 1.165) is 29.7 Å². The molecule has 0 saturated carbocycles. The Kier molecular flexibility index (Phi) is 7.07. The Bertz CT molecular complexity index is 1020. The lowest BCUT2D eigenvalue weighted by Crippen LogP contribution is -2.30. The van der Waals surface area contributed by atoms with E-state index in [1.165, 1.54) is 0 Å². The summed E-state index contributed by atoms with van der Waals surface area (Å²) in [5.41, 5.74) is 2.16. The number of ketones is 1. The Morgan fingerprint density at radius 3 is 2.34 bits per heavy atom. The lowest BCUT2D eigenvalue weighted by molar-refractivity contribution is -0.139. The maximum atomic E-state index is 13.1. The molecule has 0 spiro atoms. The van der Waals surface area contributed by atoms with Gasteiger partial charge in [-0.25, -0.2) is 0 Å². The zero-order valence-corrected chi connectivity index (χ0v) is 19.6. The lowest BCUT2D eigenvalue weighted by atomic mass is 9.84. The molecule has 1 aliphatic heterocycles. The molecule has 0 aromatic heterocycles. The normalized spacial score (nSPS) is 18.3. The number of carbonyl (C=O) groups is 2. The van der Waals surface area contributed by atoms with Crippen molar-refractivity contribution in [3.63, 3.8) is 0 Å². The fourth-order valence-electron chi connectivity index (χ4n) is 4.12. The Labute approximate surface area is 190 Å². The molecule has 1 saturated heterocycles. The molecule has 1 N–H and O–H groups in total. The molecule has 5 nitrogen and oxygen atoms in total. The number of amides is 1. The van der Waals surface area contributed by atoms with Gasteiger partial charge in [-0.1, -0.05) is 64.4 Å². The summed E-state index contributed by atoms with van der Waals surface area (Å²) in [6, 6.07) is 14.3. The van der Waals surface area contributed by atoms with E-state index < -0.39 is 17.7 Å². The van der Waals surface area contributed by atoms with Crippen molar-refractivity contribution in [3.8, 4) is 5.75 Å². The molecule has 2 aromatic carbocycles. The molecule has 0 bridgehead atoms. The molecule has 1 unspecified atom stereocenters. The fraction of sp³-hybridized carbons (Fsp3) is 0.407.